The van der Waals surface area contributed by atoms with Crippen LogP contribution >= 0.6 is 0 Å². The number of amides is 2. The van der Waals surface area contributed by atoms with E-state index in [0.29, 0.717) is 32.0 Å². The first-order valence-corrected chi connectivity index (χ1v) is 11.9. The molecule has 1 atom stereocenters. The highest BCUT2D eigenvalue weighted by atomic mass is 16.5. The van der Waals surface area contributed by atoms with Crippen LogP contribution in [0.5, 0.6) is 0 Å². The number of pyridine rings is 1. The SMILES string of the molecule is CCN(CC)C(=O)N[C@@H](CCO[C@H]1C[C@H](CCc2ccc3c(n2)NCCC3)C1)C(C)=O. The molecule has 31 heavy (non-hydrogen) atoms. The average Bonchev–Trinajstić information content (AvgIpc) is 2.74. The molecule has 1 fully saturated rings. The predicted molar refractivity (Wildman–Crippen MR) is 122 cm³/mol. The number of nitrogens with zero attached hydrogens (tertiary/aromatic N) is 2. The van der Waals surface area contributed by atoms with Crippen LogP contribution in [0.1, 0.15) is 64.1 Å². The third-order valence-corrected chi connectivity index (χ3v) is 6.55. The van der Waals surface area contributed by atoms with E-state index in [1.165, 1.54) is 24.6 Å². The van der Waals surface area contributed by atoms with Crippen LogP contribution in [0.2, 0.25) is 0 Å². The van der Waals surface area contributed by atoms with Crippen molar-refractivity contribution in [2.75, 3.05) is 31.6 Å². The van der Waals surface area contributed by atoms with Crippen molar-refractivity contribution in [1.82, 2.24) is 15.2 Å². The number of aromatic nitrogens is 1. The highest BCUT2D eigenvalue weighted by Crippen LogP contribution is 2.34. The zero-order valence-electron chi connectivity index (χ0n) is 19.3. The fourth-order valence-electron chi connectivity index (χ4n) is 4.39. The lowest BCUT2D eigenvalue weighted by atomic mass is 9.79. The van der Waals surface area contributed by atoms with Crippen molar-refractivity contribution < 1.29 is 14.3 Å². The van der Waals surface area contributed by atoms with E-state index in [1.807, 2.05) is 13.8 Å². The Hall–Kier alpha value is -2.15. The molecule has 0 unspecified atom stereocenters. The first kappa shape index (κ1) is 23.5. The normalized spacial score (nSPS) is 20.7. The van der Waals surface area contributed by atoms with Gasteiger partial charge in [0.1, 0.15) is 5.82 Å². The van der Waals surface area contributed by atoms with Crippen LogP contribution in [-0.2, 0) is 22.4 Å². The van der Waals surface area contributed by atoms with Crippen LogP contribution in [0.3, 0.4) is 0 Å². The van der Waals surface area contributed by atoms with Crippen molar-refractivity contribution in [3.8, 4) is 0 Å². The largest absolute Gasteiger partial charge is 0.378 e. The number of anilines is 1. The van der Waals surface area contributed by atoms with E-state index in [1.54, 1.807) is 4.90 Å². The molecule has 2 heterocycles. The zero-order valence-corrected chi connectivity index (χ0v) is 19.3. The van der Waals surface area contributed by atoms with Gasteiger partial charge >= 0.3 is 6.03 Å². The highest BCUT2D eigenvalue weighted by molar-refractivity contribution is 5.86. The molecule has 172 valence electrons. The third-order valence-electron chi connectivity index (χ3n) is 6.55. The van der Waals surface area contributed by atoms with Crippen LogP contribution in [0.15, 0.2) is 12.1 Å². The Morgan fingerprint density at radius 3 is 2.77 bits per heavy atom. The molecule has 2 N–H and O–H groups in total. The van der Waals surface area contributed by atoms with Crippen molar-refractivity contribution >= 4 is 17.6 Å². The van der Waals surface area contributed by atoms with Crippen LogP contribution in [0, 0.1) is 5.92 Å². The van der Waals surface area contributed by atoms with Crippen LogP contribution < -0.4 is 10.6 Å². The molecule has 0 bridgehead atoms. The number of Topliss-reactive ketones (excluding diaryl/α,β-unsaturated/α-hetero) is 1. The summed E-state index contributed by atoms with van der Waals surface area (Å²) in [5.74, 6) is 1.73. The van der Waals surface area contributed by atoms with E-state index in [-0.39, 0.29) is 17.9 Å². The Bertz CT molecular complexity index is 744. The predicted octanol–water partition coefficient (Wildman–Crippen LogP) is 3.57. The van der Waals surface area contributed by atoms with E-state index in [4.69, 9.17) is 9.72 Å². The maximum absolute atomic E-state index is 12.2. The van der Waals surface area contributed by atoms with E-state index in [2.05, 4.69) is 22.8 Å². The minimum atomic E-state index is -0.479. The third kappa shape index (κ3) is 6.66. The van der Waals surface area contributed by atoms with Crippen molar-refractivity contribution in [3.63, 3.8) is 0 Å². The number of aryl methyl sites for hydroxylation is 2. The Kier molecular flexibility index (Phi) is 8.69. The summed E-state index contributed by atoms with van der Waals surface area (Å²) in [6, 6.07) is 3.74. The molecule has 0 saturated heterocycles. The fourth-order valence-corrected chi connectivity index (χ4v) is 4.39. The number of fused-ring (bicyclic) bond motifs is 1. The lowest BCUT2D eigenvalue weighted by Crippen LogP contribution is -2.48. The number of hydrogen-bond donors (Lipinski definition) is 2. The summed E-state index contributed by atoms with van der Waals surface area (Å²) in [7, 11) is 0. The number of hydrogen-bond acceptors (Lipinski definition) is 5. The Labute approximate surface area is 186 Å². The molecule has 3 rings (SSSR count). The van der Waals surface area contributed by atoms with Gasteiger partial charge in [0, 0.05) is 31.9 Å². The van der Waals surface area contributed by atoms with E-state index < -0.39 is 6.04 Å². The van der Waals surface area contributed by atoms with Crippen LogP contribution in [-0.4, -0.2) is 60.1 Å². The number of nitrogens with one attached hydrogen (secondary N) is 2. The van der Waals surface area contributed by atoms with Gasteiger partial charge in [0.2, 0.25) is 0 Å². The van der Waals surface area contributed by atoms with Gasteiger partial charge in [-0.2, -0.15) is 0 Å². The molecule has 7 nitrogen and oxygen atoms in total. The van der Waals surface area contributed by atoms with Crippen molar-refractivity contribution in [1.29, 1.82) is 0 Å². The molecular weight excluding hydrogens is 392 g/mol. The molecule has 0 aromatic carbocycles. The maximum Gasteiger partial charge on any atom is 0.317 e. The smallest absolute Gasteiger partial charge is 0.317 e. The molecule has 2 aliphatic rings. The quantitative estimate of drug-likeness (QED) is 0.561. The molecule has 7 heteroatoms. The summed E-state index contributed by atoms with van der Waals surface area (Å²) < 4.78 is 5.97. The van der Waals surface area contributed by atoms with E-state index in [0.717, 1.165) is 44.5 Å². The minimum absolute atomic E-state index is 0.0253. The summed E-state index contributed by atoms with van der Waals surface area (Å²) in [5, 5.41) is 6.25. The number of ketones is 1. The fraction of sp³-hybridized carbons (Fsp3) is 0.708. The topological polar surface area (TPSA) is 83.6 Å². The van der Waals surface area contributed by atoms with Gasteiger partial charge in [0.25, 0.3) is 0 Å². The zero-order chi connectivity index (χ0) is 22.2. The molecule has 1 aromatic heterocycles. The van der Waals surface area contributed by atoms with Gasteiger partial charge in [-0.15, -0.1) is 0 Å². The minimum Gasteiger partial charge on any atom is -0.378 e. The second kappa shape index (κ2) is 11.5. The van der Waals surface area contributed by atoms with Crippen LogP contribution in [0.25, 0.3) is 0 Å². The number of urea groups is 1. The molecule has 1 aliphatic heterocycles. The number of ether oxygens (including phenoxy) is 1. The lowest BCUT2D eigenvalue weighted by molar-refractivity contribution is -0.119. The van der Waals surface area contributed by atoms with Gasteiger partial charge in [0.15, 0.2) is 5.78 Å². The molecular formula is C24H38N4O3. The maximum atomic E-state index is 12.2. The van der Waals surface area contributed by atoms with Crippen molar-refractivity contribution in [2.24, 2.45) is 5.92 Å². The summed E-state index contributed by atoms with van der Waals surface area (Å²) in [6.07, 6.45) is 7.40. The standard InChI is InChI=1S/C24H38N4O3/c1-4-28(5-2)24(30)27-22(17(3)29)12-14-31-21-15-18(16-21)8-10-20-11-9-19-7-6-13-25-23(19)26-20/h9,11,18,21-22H,4-8,10,12-16H2,1-3H3,(H,25,26)(H,27,30)/t18-,21-,22-/m0/s1. The number of carbonyl (C=O) groups is 2. The first-order chi connectivity index (χ1) is 15.0. The molecule has 0 spiro atoms. The van der Waals surface area contributed by atoms with Gasteiger partial charge in [-0.3, -0.25) is 4.79 Å². The van der Waals surface area contributed by atoms with Gasteiger partial charge in [-0.1, -0.05) is 6.07 Å². The molecule has 1 aromatic rings. The molecule has 1 saturated carbocycles. The van der Waals surface area contributed by atoms with Crippen molar-refractivity contribution in [2.45, 2.75) is 77.9 Å². The molecule has 2 amide bonds. The summed E-state index contributed by atoms with van der Waals surface area (Å²) in [6.45, 7) is 8.17. The summed E-state index contributed by atoms with van der Waals surface area (Å²) >= 11 is 0. The molecule has 0 radical (unpaired) electrons. The van der Waals surface area contributed by atoms with Crippen molar-refractivity contribution in [3.05, 3.63) is 23.4 Å². The first-order valence-electron chi connectivity index (χ1n) is 11.9. The second-order valence-corrected chi connectivity index (χ2v) is 8.78. The monoisotopic (exact) mass is 430 g/mol. The highest BCUT2D eigenvalue weighted by Gasteiger charge is 2.30. The van der Waals surface area contributed by atoms with Gasteiger partial charge in [-0.05, 0) is 83.3 Å². The van der Waals surface area contributed by atoms with E-state index in [9.17, 15) is 9.59 Å². The van der Waals surface area contributed by atoms with Gasteiger partial charge in [0.05, 0.1) is 12.1 Å². The summed E-state index contributed by atoms with van der Waals surface area (Å²) in [5.41, 5.74) is 2.51. The lowest BCUT2D eigenvalue weighted by Gasteiger charge is -2.35. The number of rotatable bonds is 11. The van der Waals surface area contributed by atoms with Gasteiger partial charge in [-0.25, -0.2) is 9.78 Å². The second-order valence-electron chi connectivity index (χ2n) is 8.78. The Morgan fingerprint density at radius 2 is 2.06 bits per heavy atom. The summed E-state index contributed by atoms with van der Waals surface area (Å²) in [4.78, 5) is 30.6. The van der Waals surface area contributed by atoms with E-state index >= 15 is 0 Å². The van der Waals surface area contributed by atoms with Crippen LogP contribution in [0.4, 0.5) is 10.6 Å². The molecule has 1 aliphatic carbocycles. The Balaban J connectivity index is 1.32. The average molecular weight is 431 g/mol. The van der Waals surface area contributed by atoms with Gasteiger partial charge < -0.3 is 20.3 Å². The Morgan fingerprint density at radius 1 is 1.29 bits per heavy atom. The number of carbonyl (C=O) groups excluding carboxylic acids is 2.